The van der Waals surface area contributed by atoms with Gasteiger partial charge in [-0.25, -0.2) is 19.2 Å². The average Bonchev–Trinajstić information content (AvgIpc) is 2.83. The van der Waals surface area contributed by atoms with E-state index in [-0.39, 0.29) is 45.7 Å². The molecule has 0 amide bonds. The molecule has 0 aliphatic rings. The molecule has 0 bridgehead atoms. The fraction of sp³-hybridized carbons (Fsp3) is 0.120. The summed E-state index contributed by atoms with van der Waals surface area (Å²) >= 11 is 0. The van der Waals surface area contributed by atoms with Crippen LogP contribution in [-0.4, -0.2) is 42.7 Å². The smallest absolute Gasteiger partial charge is 0.343 e. The maximum absolute atomic E-state index is 12.9. The third-order valence-electron chi connectivity index (χ3n) is 4.69. The van der Waals surface area contributed by atoms with E-state index >= 15 is 0 Å². The molecule has 1 N–H and O–H groups in total. The van der Waals surface area contributed by atoms with E-state index in [0.717, 1.165) is 0 Å². The number of hydrogen-bond acceptors (Lipinski definition) is 7. The molecule has 33 heavy (non-hydrogen) atoms. The topological polar surface area (TPSA) is 116 Å². The fourth-order valence-corrected chi connectivity index (χ4v) is 3.18. The molecule has 0 unspecified atom stereocenters. The number of para-hydroxylation sites is 1. The van der Waals surface area contributed by atoms with Crippen LogP contribution in [0.15, 0.2) is 66.7 Å². The van der Waals surface area contributed by atoms with E-state index in [1.807, 2.05) is 0 Å². The Morgan fingerprint density at radius 2 is 1.42 bits per heavy atom. The van der Waals surface area contributed by atoms with Crippen LogP contribution >= 0.6 is 0 Å². The van der Waals surface area contributed by atoms with Gasteiger partial charge in [0.05, 0.1) is 30.4 Å². The Hall–Kier alpha value is -4.46. The molecule has 0 atom stereocenters. The first-order valence-corrected chi connectivity index (χ1v) is 9.90. The monoisotopic (exact) mass is 448 g/mol. The molecule has 0 aliphatic heterocycles. The third kappa shape index (κ3) is 5.07. The van der Waals surface area contributed by atoms with Gasteiger partial charge in [0, 0.05) is 0 Å². The van der Waals surface area contributed by atoms with Gasteiger partial charge in [0.1, 0.15) is 11.3 Å². The molecule has 0 heterocycles. The second-order valence-corrected chi connectivity index (χ2v) is 6.71. The first kappa shape index (κ1) is 23.2. The highest BCUT2D eigenvalue weighted by atomic mass is 16.5. The van der Waals surface area contributed by atoms with E-state index < -0.39 is 23.9 Å². The molecule has 8 nitrogen and oxygen atoms in total. The minimum Gasteiger partial charge on any atom is -0.478 e. The summed E-state index contributed by atoms with van der Waals surface area (Å²) < 4.78 is 15.2. The molecule has 3 aromatic rings. The van der Waals surface area contributed by atoms with E-state index in [1.165, 1.54) is 43.5 Å². The summed E-state index contributed by atoms with van der Waals surface area (Å²) in [6.07, 6.45) is 0. The molecule has 0 aromatic heterocycles. The number of hydrogen-bond donors (Lipinski definition) is 1. The lowest BCUT2D eigenvalue weighted by atomic mass is 9.93. The normalized spacial score (nSPS) is 10.2. The van der Waals surface area contributed by atoms with Crippen LogP contribution in [0.5, 0.6) is 5.75 Å². The first-order chi connectivity index (χ1) is 15.9. The van der Waals surface area contributed by atoms with Crippen LogP contribution in [0.1, 0.15) is 48.4 Å². The molecule has 8 heteroatoms. The zero-order valence-electron chi connectivity index (χ0n) is 17.9. The largest absolute Gasteiger partial charge is 0.478 e. The minimum atomic E-state index is -1.24. The van der Waals surface area contributed by atoms with Crippen molar-refractivity contribution in [1.29, 1.82) is 0 Å². The summed E-state index contributed by atoms with van der Waals surface area (Å²) in [4.78, 5) is 49.0. The van der Waals surface area contributed by atoms with Crippen LogP contribution in [0.4, 0.5) is 0 Å². The van der Waals surface area contributed by atoms with Crippen molar-refractivity contribution < 1.29 is 38.5 Å². The number of carboxylic acids is 1. The van der Waals surface area contributed by atoms with Gasteiger partial charge in [-0.05, 0) is 54.4 Å². The number of esters is 3. The van der Waals surface area contributed by atoms with Crippen molar-refractivity contribution in [2.75, 3.05) is 13.7 Å². The fourth-order valence-electron chi connectivity index (χ4n) is 3.18. The van der Waals surface area contributed by atoms with Crippen molar-refractivity contribution in [2.24, 2.45) is 0 Å². The van der Waals surface area contributed by atoms with Crippen LogP contribution in [0, 0.1) is 0 Å². The van der Waals surface area contributed by atoms with Gasteiger partial charge in [-0.2, -0.15) is 0 Å². The summed E-state index contributed by atoms with van der Waals surface area (Å²) in [5.41, 5.74) is 0.537. The Kier molecular flexibility index (Phi) is 7.20. The lowest BCUT2D eigenvalue weighted by molar-refractivity contribution is 0.0518. The molecule has 3 rings (SSSR count). The Labute approximate surface area is 189 Å². The SMILES string of the molecule is CCOC(=O)c1ccccc1OC(=O)c1ccc(C(=O)O)c(-c2ccccc2C(=O)OC)c1. The molecule has 0 saturated carbocycles. The lowest BCUT2D eigenvalue weighted by Crippen LogP contribution is -2.14. The van der Waals surface area contributed by atoms with Crippen molar-refractivity contribution in [1.82, 2.24) is 0 Å². The second kappa shape index (κ2) is 10.2. The van der Waals surface area contributed by atoms with Crippen LogP contribution in [0.2, 0.25) is 0 Å². The molecule has 0 fully saturated rings. The maximum Gasteiger partial charge on any atom is 0.343 e. The van der Waals surface area contributed by atoms with Gasteiger partial charge < -0.3 is 19.3 Å². The Morgan fingerprint density at radius 1 is 0.758 bits per heavy atom. The summed E-state index contributed by atoms with van der Waals surface area (Å²) in [5.74, 6) is -3.36. The van der Waals surface area contributed by atoms with E-state index in [0.29, 0.717) is 0 Å². The molecular formula is C25H20O8. The number of rotatable bonds is 7. The quantitative estimate of drug-likeness (QED) is 0.422. The van der Waals surface area contributed by atoms with Crippen LogP contribution in [0.25, 0.3) is 11.1 Å². The molecule has 0 saturated heterocycles. The lowest BCUT2D eigenvalue weighted by Gasteiger charge is -2.13. The number of aromatic carboxylic acids is 1. The standard InChI is InChI=1S/C25H20O8/c1-3-32-25(30)19-10-6-7-11-21(19)33-23(28)15-12-13-17(22(26)27)20(14-15)16-8-4-5-9-18(16)24(29)31-2/h4-14H,3H2,1-2H3,(H,26,27). The van der Waals surface area contributed by atoms with Crippen molar-refractivity contribution in [3.63, 3.8) is 0 Å². The summed E-state index contributed by atoms with van der Waals surface area (Å²) in [6, 6.07) is 16.3. The van der Waals surface area contributed by atoms with Crippen molar-refractivity contribution in [2.45, 2.75) is 6.92 Å². The molecule has 168 valence electrons. The van der Waals surface area contributed by atoms with Crippen LogP contribution < -0.4 is 4.74 Å². The van der Waals surface area contributed by atoms with E-state index in [1.54, 1.807) is 37.3 Å². The predicted octanol–water partition coefficient (Wildman–Crippen LogP) is 4.23. The highest BCUT2D eigenvalue weighted by Crippen LogP contribution is 2.30. The number of carboxylic acid groups (broad SMARTS) is 1. The molecule has 0 radical (unpaired) electrons. The highest BCUT2D eigenvalue weighted by Gasteiger charge is 2.22. The molecular weight excluding hydrogens is 428 g/mol. The van der Waals surface area contributed by atoms with E-state index in [9.17, 15) is 24.3 Å². The summed E-state index contributed by atoms with van der Waals surface area (Å²) in [7, 11) is 1.21. The van der Waals surface area contributed by atoms with Gasteiger partial charge in [0.15, 0.2) is 0 Å². The number of ether oxygens (including phenoxy) is 3. The Bertz CT molecular complexity index is 1230. The van der Waals surface area contributed by atoms with E-state index in [2.05, 4.69) is 0 Å². The molecule has 3 aromatic carbocycles. The molecule has 0 aliphatic carbocycles. The zero-order valence-corrected chi connectivity index (χ0v) is 17.9. The summed E-state index contributed by atoms with van der Waals surface area (Å²) in [5, 5.41) is 9.64. The van der Waals surface area contributed by atoms with Crippen molar-refractivity contribution in [3.8, 4) is 16.9 Å². The number of carbonyl (C=O) groups excluding carboxylic acids is 3. The van der Waals surface area contributed by atoms with Gasteiger partial charge in [-0.3, -0.25) is 0 Å². The zero-order chi connectivity index (χ0) is 24.0. The van der Waals surface area contributed by atoms with E-state index in [4.69, 9.17) is 14.2 Å². The number of benzene rings is 3. The predicted molar refractivity (Wildman–Crippen MR) is 118 cm³/mol. The molecule has 0 spiro atoms. The first-order valence-electron chi connectivity index (χ1n) is 9.90. The Morgan fingerprint density at radius 3 is 2.09 bits per heavy atom. The van der Waals surface area contributed by atoms with Crippen LogP contribution in [0.3, 0.4) is 0 Å². The number of carbonyl (C=O) groups is 4. The van der Waals surface area contributed by atoms with Gasteiger partial charge in [0.2, 0.25) is 0 Å². The third-order valence-corrected chi connectivity index (χ3v) is 4.69. The number of methoxy groups -OCH3 is 1. The average molecular weight is 448 g/mol. The van der Waals surface area contributed by atoms with Crippen LogP contribution in [-0.2, 0) is 9.47 Å². The Balaban J connectivity index is 2.04. The second-order valence-electron chi connectivity index (χ2n) is 6.71. The van der Waals surface area contributed by atoms with Gasteiger partial charge in [0.25, 0.3) is 0 Å². The highest BCUT2D eigenvalue weighted by molar-refractivity contribution is 6.04. The van der Waals surface area contributed by atoms with Gasteiger partial charge in [-0.1, -0.05) is 30.3 Å². The van der Waals surface area contributed by atoms with Gasteiger partial charge in [-0.15, -0.1) is 0 Å². The van der Waals surface area contributed by atoms with Crippen molar-refractivity contribution >= 4 is 23.9 Å². The van der Waals surface area contributed by atoms with Crippen molar-refractivity contribution in [3.05, 3.63) is 89.0 Å². The maximum atomic E-state index is 12.9. The van der Waals surface area contributed by atoms with Gasteiger partial charge >= 0.3 is 23.9 Å². The summed E-state index contributed by atoms with van der Waals surface area (Å²) in [6.45, 7) is 1.81. The minimum absolute atomic E-state index is 0.000211.